The first-order valence-corrected chi connectivity index (χ1v) is 8.84. The highest BCUT2D eigenvalue weighted by molar-refractivity contribution is 7.16. The molecule has 0 bridgehead atoms. The maximum atomic E-state index is 12.7. The van der Waals surface area contributed by atoms with Crippen molar-refractivity contribution in [2.75, 3.05) is 20.8 Å². The molecule has 1 amide bonds. The van der Waals surface area contributed by atoms with Gasteiger partial charge in [0.1, 0.15) is 5.75 Å². The lowest BCUT2D eigenvalue weighted by Crippen LogP contribution is -2.19. The number of carbonyl (C=O) groups excluding carboxylic acids is 1. The van der Waals surface area contributed by atoms with Gasteiger partial charge in [-0.25, -0.2) is 0 Å². The van der Waals surface area contributed by atoms with Crippen LogP contribution in [0.4, 0.5) is 0 Å². The molecule has 5 nitrogen and oxygen atoms in total. The number of rotatable bonds is 5. The van der Waals surface area contributed by atoms with E-state index in [2.05, 4.69) is 4.99 Å². The van der Waals surface area contributed by atoms with E-state index in [4.69, 9.17) is 21.1 Å². The molecule has 0 aliphatic rings. The standard InChI is InChI=1S/C18H17ClN2O3S/c1-23-11-10-21-16-13(19)7-5-9-15(16)25-18(21)20-17(22)12-6-3-4-8-14(12)24-2/h3-9H,10-11H2,1-2H3. The van der Waals surface area contributed by atoms with Crippen LogP contribution in [0, 0.1) is 0 Å². The number of hydrogen-bond donors (Lipinski definition) is 0. The molecule has 1 heterocycles. The summed E-state index contributed by atoms with van der Waals surface area (Å²) in [5, 5.41) is 0.621. The zero-order valence-corrected chi connectivity index (χ0v) is 15.4. The third-order valence-corrected chi connectivity index (χ3v) is 5.05. The zero-order chi connectivity index (χ0) is 17.8. The Bertz CT molecular complexity index is 978. The van der Waals surface area contributed by atoms with E-state index in [9.17, 15) is 4.79 Å². The van der Waals surface area contributed by atoms with Crippen LogP contribution in [0.5, 0.6) is 5.75 Å². The van der Waals surface area contributed by atoms with Gasteiger partial charge in [0.2, 0.25) is 0 Å². The van der Waals surface area contributed by atoms with Crippen molar-refractivity contribution in [1.29, 1.82) is 0 Å². The van der Waals surface area contributed by atoms with E-state index < -0.39 is 0 Å². The van der Waals surface area contributed by atoms with Gasteiger partial charge in [-0.1, -0.05) is 41.1 Å². The van der Waals surface area contributed by atoms with Gasteiger partial charge in [0.25, 0.3) is 5.91 Å². The maximum Gasteiger partial charge on any atom is 0.283 e. The van der Waals surface area contributed by atoms with Gasteiger partial charge in [0.05, 0.1) is 34.5 Å². The zero-order valence-electron chi connectivity index (χ0n) is 13.9. The summed E-state index contributed by atoms with van der Waals surface area (Å²) in [6, 6.07) is 12.7. The molecule has 0 spiro atoms. The summed E-state index contributed by atoms with van der Waals surface area (Å²) in [6.07, 6.45) is 0. The van der Waals surface area contributed by atoms with Gasteiger partial charge in [-0.05, 0) is 24.3 Å². The van der Waals surface area contributed by atoms with Gasteiger partial charge in [-0.3, -0.25) is 4.79 Å². The second-order valence-corrected chi connectivity index (χ2v) is 6.65. The predicted octanol–water partition coefficient (Wildman–Crippen LogP) is 3.75. The number of para-hydroxylation sites is 2. The van der Waals surface area contributed by atoms with Crippen LogP contribution >= 0.6 is 22.9 Å². The quantitative estimate of drug-likeness (QED) is 0.681. The molecule has 0 saturated carbocycles. The first kappa shape index (κ1) is 17.7. The van der Waals surface area contributed by atoms with E-state index in [1.165, 1.54) is 18.4 Å². The van der Waals surface area contributed by atoms with Crippen molar-refractivity contribution >= 4 is 39.1 Å². The monoisotopic (exact) mass is 376 g/mol. The smallest absolute Gasteiger partial charge is 0.283 e. The molecule has 3 rings (SSSR count). The number of thiazole rings is 1. The molecule has 0 radical (unpaired) electrons. The summed E-state index contributed by atoms with van der Waals surface area (Å²) in [5.74, 6) is 0.144. The van der Waals surface area contributed by atoms with Crippen molar-refractivity contribution in [3.05, 3.63) is 57.9 Å². The summed E-state index contributed by atoms with van der Waals surface area (Å²) in [7, 11) is 3.16. The number of ether oxygens (including phenoxy) is 2. The Kier molecular flexibility index (Phi) is 5.53. The second kappa shape index (κ2) is 7.82. The Hall–Kier alpha value is -2.15. The molecule has 3 aromatic rings. The normalized spacial score (nSPS) is 11.9. The number of halogens is 1. The Morgan fingerprint density at radius 1 is 1.20 bits per heavy atom. The van der Waals surface area contributed by atoms with Gasteiger partial charge < -0.3 is 14.0 Å². The number of methoxy groups -OCH3 is 2. The Morgan fingerprint density at radius 2 is 2.00 bits per heavy atom. The summed E-state index contributed by atoms with van der Waals surface area (Å²) in [5.41, 5.74) is 1.28. The average Bonchev–Trinajstić information content (AvgIpc) is 2.98. The van der Waals surface area contributed by atoms with Crippen LogP contribution in [0.15, 0.2) is 47.5 Å². The van der Waals surface area contributed by atoms with Gasteiger partial charge in [0, 0.05) is 13.7 Å². The van der Waals surface area contributed by atoms with E-state index in [1.807, 2.05) is 28.8 Å². The predicted molar refractivity (Wildman–Crippen MR) is 99.6 cm³/mol. The Balaban J connectivity index is 2.15. The summed E-state index contributed by atoms with van der Waals surface area (Å²) < 4.78 is 13.3. The maximum absolute atomic E-state index is 12.7. The van der Waals surface area contributed by atoms with E-state index in [1.54, 1.807) is 25.3 Å². The van der Waals surface area contributed by atoms with Crippen molar-refractivity contribution in [2.24, 2.45) is 4.99 Å². The molecule has 25 heavy (non-hydrogen) atoms. The van der Waals surface area contributed by atoms with E-state index in [0.717, 1.165) is 10.2 Å². The molecule has 0 N–H and O–H groups in total. The largest absolute Gasteiger partial charge is 0.496 e. The first-order chi connectivity index (χ1) is 12.2. The summed E-state index contributed by atoms with van der Waals surface area (Å²) >= 11 is 7.77. The van der Waals surface area contributed by atoms with Crippen molar-refractivity contribution in [3.63, 3.8) is 0 Å². The van der Waals surface area contributed by atoms with Crippen LogP contribution in [-0.2, 0) is 11.3 Å². The number of carbonyl (C=O) groups is 1. The van der Waals surface area contributed by atoms with Crippen molar-refractivity contribution in [3.8, 4) is 5.75 Å². The number of nitrogens with zero attached hydrogens (tertiary/aromatic N) is 2. The van der Waals surface area contributed by atoms with Crippen LogP contribution in [0.2, 0.25) is 5.02 Å². The first-order valence-electron chi connectivity index (χ1n) is 7.64. The van der Waals surface area contributed by atoms with Gasteiger partial charge in [-0.2, -0.15) is 4.99 Å². The molecule has 130 valence electrons. The summed E-state index contributed by atoms with van der Waals surface area (Å²) in [4.78, 5) is 17.6. The van der Waals surface area contributed by atoms with Crippen LogP contribution in [0.25, 0.3) is 10.2 Å². The molecule has 0 aliphatic heterocycles. The molecule has 0 unspecified atom stereocenters. The van der Waals surface area contributed by atoms with Gasteiger partial charge in [0.15, 0.2) is 4.80 Å². The highest BCUT2D eigenvalue weighted by Gasteiger charge is 2.14. The minimum atomic E-state index is -0.355. The fourth-order valence-corrected chi connectivity index (χ4v) is 3.94. The topological polar surface area (TPSA) is 52.8 Å². The molecule has 0 fully saturated rings. The molecule has 7 heteroatoms. The molecule has 0 atom stereocenters. The van der Waals surface area contributed by atoms with Crippen molar-refractivity contribution in [2.45, 2.75) is 6.54 Å². The molecule has 0 saturated heterocycles. The lowest BCUT2D eigenvalue weighted by Gasteiger charge is -2.06. The molecular weight excluding hydrogens is 360 g/mol. The third-order valence-electron chi connectivity index (χ3n) is 3.71. The lowest BCUT2D eigenvalue weighted by molar-refractivity contribution is 0.0994. The molecule has 1 aromatic heterocycles. The summed E-state index contributed by atoms with van der Waals surface area (Å²) in [6.45, 7) is 1.05. The number of benzene rings is 2. The number of amides is 1. The molecule has 0 aliphatic carbocycles. The average molecular weight is 377 g/mol. The molecular formula is C18H17ClN2O3S. The highest BCUT2D eigenvalue weighted by atomic mass is 35.5. The molecule has 2 aromatic carbocycles. The lowest BCUT2D eigenvalue weighted by atomic mass is 10.2. The number of hydrogen-bond acceptors (Lipinski definition) is 4. The highest BCUT2D eigenvalue weighted by Crippen LogP contribution is 2.25. The fourth-order valence-electron chi connectivity index (χ4n) is 2.53. The van der Waals surface area contributed by atoms with E-state index in [0.29, 0.717) is 34.3 Å². The van der Waals surface area contributed by atoms with Crippen LogP contribution < -0.4 is 9.54 Å². The van der Waals surface area contributed by atoms with E-state index >= 15 is 0 Å². The fraction of sp³-hybridized carbons (Fsp3) is 0.222. The Labute approximate surface area is 154 Å². The second-order valence-electron chi connectivity index (χ2n) is 5.23. The third kappa shape index (κ3) is 3.61. The van der Waals surface area contributed by atoms with Crippen LogP contribution in [0.3, 0.4) is 0 Å². The number of fused-ring (bicyclic) bond motifs is 1. The van der Waals surface area contributed by atoms with Crippen molar-refractivity contribution in [1.82, 2.24) is 4.57 Å². The number of aromatic nitrogens is 1. The van der Waals surface area contributed by atoms with E-state index in [-0.39, 0.29) is 5.91 Å². The van der Waals surface area contributed by atoms with Gasteiger partial charge in [-0.15, -0.1) is 0 Å². The van der Waals surface area contributed by atoms with Crippen LogP contribution in [-0.4, -0.2) is 31.3 Å². The Morgan fingerprint density at radius 3 is 2.76 bits per heavy atom. The minimum Gasteiger partial charge on any atom is -0.496 e. The SMILES string of the molecule is COCCn1c(=NC(=O)c2ccccc2OC)sc2cccc(Cl)c21. The van der Waals surface area contributed by atoms with Crippen molar-refractivity contribution < 1.29 is 14.3 Å². The van der Waals surface area contributed by atoms with Gasteiger partial charge >= 0.3 is 0 Å². The van der Waals surface area contributed by atoms with Crippen LogP contribution in [0.1, 0.15) is 10.4 Å². The minimum absolute atomic E-state index is 0.355.